The van der Waals surface area contributed by atoms with Gasteiger partial charge in [-0.3, -0.25) is 0 Å². The van der Waals surface area contributed by atoms with E-state index in [2.05, 4.69) is 232 Å². The molecule has 0 radical (unpaired) electrons. The lowest BCUT2D eigenvalue weighted by Crippen LogP contribution is -1.96. The molecule has 0 aliphatic rings. The standard InChI is InChI=1S/C60H49NO/c1-4-5-16-45-27-28-51(49-22-15-21-48(38-49)47-20-14-19-46(37-47)43-17-8-6-9-18-43)39-56(45)55-35-42(3)60(36-41(55)2)62-53-32-29-44(30-33-53)50-31-34-59-57(40-50)54-25-12-13-26-58(54)61(59)52-23-10-7-11-24-52/h6-15,17-40H,4-5,16H2,1-3H3. The second-order valence-corrected chi connectivity index (χ2v) is 16.5. The highest BCUT2D eigenvalue weighted by Gasteiger charge is 2.16. The van der Waals surface area contributed by atoms with E-state index >= 15 is 0 Å². The number of para-hydroxylation sites is 2. The fraction of sp³-hybridized carbons (Fsp3) is 0.100. The van der Waals surface area contributed by atoms with E-state index in [-0.39, 0.29) is 0 Å². The molecule has 0 amide bonds. The zero-order valence-corrected chi connectivity index (χ0v) is 35.6. The van der Waals surface area contributed by atoms with Crippen LogP contribution in [0.5, 0.6) is 11.5 Å². The number of aryl methyl sites for hydroxylation is 3. The average molecular weight is 800 g/mol. The minimum atomic E-state index is 0.825. The van der Waals surface area contributed by atoms with Crippen molar-refractivity contribution in [2.24, 2.45) is 0 Å². The summed E-state index contributed by atoms with van der Waals surface area (Å²) >= 11 is 0. The Bertz CT molecular complexity index is 3190. The average Bonchev–Trinajstić information content (AvgIpc) is 3.66. The first-order valence-corrected chi connectivity index (χ1v) is 21.9. The molecule has 0 unspecified atom stereocenters. The van der Waals surface area contributed by atoms with Crippen molar-refractivity contribution in [3.05, 3.63) is 223 Å². The van der Waals surface area contributed by atoms with E-state index in [9.17, 15) is 0 Å². The van der Waals surface area contributed by atoms with E-state index in [1.807, 2.05) is 0 Å². The van der Waals surface area contributed by atoms with E-state index in [4.69, 9.17) is 4.74 Å². The second kappa shape index (κ2) is 16.9. The Hall–Kier alpha value is -7.42. The molecule has 10 rings (SSSR count). The molecule has 1 aromatic heterocycles. The lowest BCUT2D eigenvalue weighted by molar-refractivity contribution is 0.478. The lowest BCUT2D eigenvalue weighted by atomic mass is 9.88. The zero-order valence-electron chi connectivity index (χ0n) is 35.6. The minimum absolute atomic E-state index is 0.825. The quantitative estimate of drug-likeness (QED) is 0.127. The first kappa shape index (κ1) is 38.8. The van der Waals surface area contributed by atoms with Crippen molar-refractivity contribution in [1.82, 2.24) is 4.57 Å². The van der Waals surface area contributed by atoms with Gasteiger partial charge in [0.2, 0.25) is 0 Å². The Morgan fingerprint density at radius 2 is 0.952 bits per heavy atom. The number of hydrogen-bond donors (Lipinski definition) is 0. The summed E-state index contributed by atoms with van der Waals surface area (Å²) in [7, 11) is 0. The zero-order chi connectivity index (χ0) is 42.0. The largest absolute Gasteiger partial charge is 0.457 e. The molecule has 0 fully saturated rings. The molecule has 0 spiro atoms. The highest BCUT2D eigenvalue weighted by Crippen LogP contribution is 2.39. The van der Waals surface area contributed by atoms with E-state index in [1.54, 1.807) is 0 Å². The van der Waals surface area contributed by atoms with Crippen LogP contribution < -0.4 is 4.74 Å². The van der Waals surface area contributed by atoms with Crippen LogP contribution in [0.25, 0.3) is 83.1 Å². The molecular formula is C60H49NO. The minimum Gasteiger partial charge on any atom is -0.457 e. The van der Waals surface area contributed by atoms with Crippen LogP contribution in [0.3, 0.4) is 0 Å². The molecule has 0 atom stereocenters. The lowest BCUT2D eigenvalue weighted by Gasteiger charge is -2.18. The van der Waals surface area contributed by atoms with Crippen LogP contribution in [-0.2, 0) is 6.42 Å². The summed E-state index contributed by atoms with van der Waals surface area (Å²) in [5.74, 6) is 1.71. The fourth-order valence-corrected chi connectivity index (χ4v) is 9.02. The Morgan fingerprint density at radius 3 is 1.66 bits per heavy atom. The van der Waals surface area contributed by atoms with Crippen molar-refractivity contribution in [2.45, 2.75) is 40.0 Å². The molecular weight excluding hydrogens is 751 g/mol. The maximum atomic E-state index is 6.63. The summed E-state index contributed by atoms with van der Waals surface area (Å²) in [6.07, 6.45) is 3.35. The van der Waals surface area contributed by atoms with Gasteiger partial charge in [-0.1, -0.05) is 147 Å². The molecule has 0 N–H and O–H groups in total. The van der Waals surface area contributed by atoms with Gasteiger partial charge in [0.25, 0.3) is 0 Å². The van der Waals surface area contributed by atoms with Crippen LogP contribution in [0, 0.1) is 13.8 Å². The van der Waals surface area contributed by atoms with Gasteiger partial charge in [-0.25, -0.2) is 0 Å². The van der Waals surface area contributed by atoms with E-state index < -0.39 is 0 Å². The first-order valence-electron chi connectivity index (χ1n) is 21.9. The van der Waals surface area contributed by atoms with Gasteiger partial charge in [0, 0.05) is 16.5 Å². The normalized spacial score (nSPS) is 11.3. The van der Waals surface area contributed by atoms with Crippen LogP contribution in [0.2, 0.25) is 0 Å². The maximum absolute atomic E-state index is 6.63. The van der Waals surface area contributed by atoms with Crippen molar-refractivity contribution < 1.29 is 4.74 Å². The Balaban J connectivity index is 0.927. The van der Waals surface area contributed by atoms with E-state index in [0.717, 1.165) is 41.9 Å². The molecule has 9 aromatic carbocycles. The SMILES string of the molecule is CCCCc1ccc(-c2cccc(-c3cccc(-c4ccccc4)c3)c2)cc1-c1cc(C)c(Oc2ccc(-c3ccc4c(c3)c3ccccc3n4-c3ccccc3)cc2)cc1C. The smallest absolute Gasteiger partial charge is 0.130 e. The van der Waals surface area contributed by atoms with Gasteiger partial charge in [-0.15, -0.1) is 0 Å². The number of hydrogen-bond acceptors (Lipinski definition) is 1. The molecule has 0 saturated heterocycles. The third-order valence-electron chi connectivity index (χ3n) is 12.3. The second-order valence-electron chi connectivity index (χ2n) is 16.5. The Labute approximate surface area is 365 Å². The molecule has 1 heterocycles. The molecule has 2 nitrogen and oxygen atoms in total. The topological polar surface area (TPSA) is 14.2 Å². The number of unbranched alkanes of at least 4 members (excludes halogenated alkanes) is 1. The van der Waals surface area contributed by atoms with Gasteiger partial charge in [0.15, 0.2) is 0 Å². The van der Waals surface area contributed by atoms with Crippen LogP contribution in [0.15, 0.2) is 206 Å². The number of benzene rings is 9. The highest BCUT2D eigenvalue weighted by atomic mass is 16.5. The molecule has 0 saturated carbocycles. The number of ether oxygens (including phenoxy) is 1. The van der Waals surface area contributed by atoms with Crippen LogP contribution in [-0.4, -0.2) is 4.57 Å². The molecule has 0 aliphatic carbocycles. The molecule has 300 valence electrons. The summed E-state index contributed by atoms with van der Waals surface area (Å²) in [4.78, 5) is 0. The van der Waals surface area contributed by atoms with Gasteiger partial charge in [0.05, 0.1) is 11.0 Å². The van der Waals surface area contributed by atoms with Crippen molar-refractivity contribution in [3.63, 3.8) is 0 Å². The van der Waals surface area contributed by atoms with Crippen LogP contribution >= 0.6 is 0 Å². The Morgan fingerprint density at radius 1 is 0.403 bits per heavy atom. The third-order valence-corrected chi connectivity index (χ3v) is 12.3. The monoisotopic (exact) mass is 799 g/mol. The number of fused-ring (bicyclic) bond motifs is 3. The Kier molecular flexibility index (Phi) is 10.6. The van der Waals surface area contributed by atoms with Crippen molar-refractivity contribution in [1.29, 1.82) is 0 Å². The molecule has 0 aliphatic heterocycles. The summed E-state index contributed by atoms with van der Waals surface area (Å²) in [6.45, 7) is 6.65. The van der Waals surface area contributed by atoms with Crippen molar-refractivity contribution >= 4 is 21.8 Å². The van der Waals surface area contributed by atoms with Crippen LogP contribution in [0.1, 0.15) is 36.5 Å². The van der Waals surface area contributed by atoms with Crippen LogP contribution in [0.4, 0.5) is 0 Å². The molecule has 62 heavy (non-hydrogen) atoms. The van der Waals surface area contributed by atoms with Gasteiger partial charge in [-0.05, 0) is 172 Å². The van der Waals surface area contributed by atoms with Gasteiger partial charge < -0.3 is 9.30 Å². The fourth-order valence-electron chi connectivity index (χ4n) is 9.02. The third kappa shape index (κ3) is 7.61. The highest BCUT2D eigenvalue weighted by molar-refractivity contribution is 6.10. The summed E-state index contributed by atoms with van der Waals surface area (Å²) < 4.78 is 8.99. The first-order chi connectivity index (χ1) is 30.5. The number of aromatic nitrogens is 1. The summed E-state index contributed by atoms with van der Waals surface area (Å²) in [6, 6.07) is 74.6. The van der Waals surface area contributed by atoms with Crippen molar-refractivity contribution in [3.8, 4) is 72.8 Å². The molecule has 10 aromatic rings. The summed E-state index contributed by atoms with van der Waals surface area (Å²) in [5, 5.41) is 2.50. The van der Waals surface area contributed by atoms with Gasteiger partial charge in [0.1, 0.15) is 11.5 Å². The number of rotatable bonds is 11. The predicted molar refractivity (Wildman–Crippen MR) is 263 cm³/mol. The van der Waals surface area contributed by atoms with Gasteiger partial charge in [-0.2, -0.15) is 0 Å². The van der Waals surface area contributed by atoms with E-state index in [1.165, 1.54) is 88.7 Å². The van der Waals surface area contributed by atoms with E-state index in [0.29, 0.717) is 0 Å². The van der Waals surface area contributed by atoms with Crippen molar-refractivity contribution in [2.75, 3.05) is 0 Å². The molecule has 0 bridgehead atoms. The molecule has 2 heteroatoms. The maximum Gasteiger partial charge on any atom is 0.130 e. The summed E-state index contributed by atoms with van der Waals surface area (Å²) in [5.41, 5.74) is 19.5. The predicted octanol–water partition coefficient (Wildman–Crippen LogP) is 16.9. The van der Waals surface area contributed by atoms with Gasteiger partial charge >= 0.3 is 0 Å². The number of nitrogens with zero attached hydrogens (tertiary/aromatic N) is 1.